The summed E-state index contributed by atoms with van der Waals surface area (Å²) in [4.78, 5) is 11.6. The summed E-state index contributed by atoms with van der Waals surface area (Å²) < 4.78 is 1.94. The molecule has 3 heteroatoms. The molecule has 0 aliphatic heterocycles. The van der Waals surface area contributed by atoms with Crippen LogP contribution in [0.15, 0.2) is 54.6 Å². The van der Waals surface area contributed by atoms with Crippen LogP contribution >= 0.6 is 0 Å². The minimum atomic E-state index is -0.348. The monoisotopic (exact) mass is 274 g/mol. The molecule has 102 valence electrons. The summed E-state index contributed by atoms with van der Waals surface area (Å²) in [5.41, 5.74) is 3.30. The van der Waals surface area contributed by atoms with Crippen molar-refractivity contribution in [1.29, 1.82) is 5.26 Å². The molecule has 1 atom stereocenters. The van der Waals surface area contributed by atoms with Gasteiger partial charge in [-0.05, 0) is 18.6 Å². The number of fused-ring (bicyclic) bond motifs is 1. The first kappa shape index (κ1) is 13.1. The van der Waals surface area contributed by atoms with Gasteiger partial charge in [0.2, 0.25) is 0 Å². The Morgan fingerprint density at radius 1 is 1.10 bits per heavy atom. The Morgan fingerprint density at radius 2 is 1.76 bits per heavy atom. The number of hydrogen-bond acceptors (Lipinski definition) is 2. The minimum absolute atomic E-state index is 0.348. The van der Waals surface area contributed by atoms with Crippen molar-refractivity contribution in [3.8, 4) is 17.3 Å². The molecule has 1 heterocycles. The van der Waals surface area contributed by atoms with Gasteiger partial charge in [0.15, 0.2) is 6.29 Å². The van der Waals surface area contributed by atoms with E-state index in [2.05, 4.69) is 6.07 Å². The van der Waals surface area contributed by atoms with Crippen LogP contribution in [0, 0.1) is 11.3 Å². The van der Waals surface area contributed by atoms with E-state index < -0.39 is 0 Å². The van der Waals surface area contributed by atoms with Gasteiger partial charge in [0, 0.05) is 10.9 Å². The maximum Gasteiger partial charge on any atom is 0.152 e. The largest absolute Gasteiger partial charge is 0.323 e. The topological polar surface area (TPSA) is 45.8 Å². The highest BCUT2D eigenvalue weighted by Gasteiger charge is 2.20. The third-order valence-corrected chi connectivity index (χ3v) is 3.69. The number of benzene rings is 2. The van der Waals surface area contributed by atoms with Crippen LogP contribution in [0.2, 0.25) is 0 Å². The fraction of sp³-hybridized carbons (Fsp3) is 0.111. The molecule has 3 nitrogen and oxygen atoms in total. The van der Waals surface area contributed by atoms with Crippen molar-refractivity contribution < 1.29 is 4.79 Å². The van der Waals surface area contributed by atoms with Crippen LogP contribution in [0.3, 0.4) is 0 Å². The summed E-state index contributed by atoms with van der Waals surface area (Å²) in [6.45, 7) is 1.84. The van der Waals surface area contributed by atoms with Crippen molar-refractivity contribution in [2.24, 2.45) is 0 Å². The van der Waals surface area contributed by atoms with Crippen molar-refractivity contribution in [3.63, 3.8) is 0 Å². The number of para-hydroxylation sites is 1. The molecule has 0 N–H and O–H groups in total. The highest BCUT2D eigenvalue weighted by molar-refractivity contribution is 6.05. The quantitative estimate of drug-likeness (QED) is 0.672. The van der Waals surface area contributed by atoms with Gasteiger partial charge in [0.05, 0.1) is 17.3 Å². The first-order valence-electron chi connectivity index (χ1n) is 6.81. The lowest BCUT2D eigenvalue weighted by Gasteiger charge is -2.13. The van der Waals surface area contributed by atoms with Crippen LogP contribution in [-0.2, 0) is 0 Å². The van der Waals surface area contributed by atoms with Gasteiger partial charge in [0.25, 0.3) is 0 Å². The highest BCUT2D eigenvalue weighted by Crippen LogP contribution is 2.35. The summed E-state index contributed by atoms with van der Waals surface area (Å²) in [6, 6.07) is 19.3. The second-order valence-corrected chi connectivity index (χ2v) is 4.94. The molecule has 21 heavy (non-hydrogen) atoms. The maximum absolute atomic E-state index is 11.6. The maximum atomic E-state index is 11.6. The van der Waals surface area contributed by atoms with E-state index >= 15 is 0 Å². The van der Waals surface area contributed by atoms with Gasteiger partial charge in [-0.15, -0.1) is 0 Å². The SMILES string of the molecule is CC(C#N)n1c(-c2ccccc2)c(C=O)c2ccccc21. The summed E-state index contributed by atoms with van der Waals surface area (Å²) in [5.74, 6) is 0. The molecule has 0 aliphatic rings. The predicted molar refractivity (Wildman–Crippen MR) is 83.1 cm³/mol. The van der Waals surface area contributed by atoms with Crippen LogP contribution in [-0.4, -0.2) is 10.9 Å². The highest BCUT2D eigenvalue weighted by atomic mass is 16.1. The van der Waals surface area contributed by atoms with Gasteiger partial charge < -0.3 is 4.57 Å². The Morgan fingerprint density at radius 3 is 2.43 bits per heavy atom. The van der Waals surface area contributed by atoms with Crippen molar-refractivity contribution in [1.82, 2.24) is 4.57 Å². The minimum Gasteiger partial charge on any atom is -0.323 e. The molecule has 0 amide bonds. The first-order chi connectivity index (χ1) is 10.3. The number of carbonyl (C=O) groups excluding carboxylic acids is 1. The molecular formula is C18H14N2O. The lowest BCUT2D eigenvalue weighted by Crippen LogP contribution is -2.05. The van der Waals surface area contributed by atoms with Crippen molar-refractivity contribution in [2.45, 2.75) is 13.0 Å². The molecule has 0 saturated heterocycles. The fourth-order valence-electron chi connectivity index (χ4n) is 2.76. The van der Waals surface area contributed by atoms with E-state index in [1.807, 2.05) is 66.1 Å². The molecule has 0 aliphatic carbocycles. The van der Waals surface area contributed by atoms with Crippen LogP contribution < -0.4 is 0 Å². The number of aromatic nitrogens is 1. The van der Waals surface area contributed by atoms with Crippen LogP contribution in [0.4, 0.5) is 0 Å². The average Bonchev–Trinajstić information content (AvgIpc) is 2.89. The second-order valence-electron chi connectivity index (χ2n) is 4.94. The van der Waals surface area contributed by atoms with Gasteiger partial charge >= 0.3 is 0 Å². The summed E-state index contributed by atoms with van der Waals surface area (Å²) in [7, 11) is 0. The van der Waals surface area contributed by atoms with Gasteiger partial charge in [-0.25, -0.2) is 0 Å². The normalized spacial score (nSPS) is 12.0. The number of hydrogen-bond donors (Lipinski definition) is 0. The van der Waals surface area contributed by atoms with Crippen molar-refractivity contribution >= 4 is 17.2 Å². The van der Waals surface area contributed by atoms with Crippen LogP contribution in [0.1, 0.15) is 23.3 Å². The van der Waals surface area contributed by atoms with E-state index in [4.69, 9.17) is 0 Å². The van der Waals surface area contributed by atoms with Crippen LogP contribution in [0.5, 0.6) is 0 Å². The summed E-state index contributed by atoms with van der Waals surface area (Å²) in [5, 5.41) is 10.2. The Bertz CT molecular complexity index is 841. The van der Waals surface area contributed by atoms with E-state index in [9.17, 15) is 10.1 Å². The molecule has 0 bridgehead atoms. The predicted octanol–water partition coefficient (Wildman–Crippen LogP) is 4.21. The zero-order valence-corrected chi connectivity index (χ0v) is 11.7. The molecule has 0 fully saturated rings. The Hall–Kier alpha value is -2.86. The first-order valence-corrected chi connectivity index (χ1v) is 6.81. The third-order valence-electron chi connectivity index (χ3n) is 3.69. The Balaban J connectivity index is 2.47. The number of carbonyl (C=O) groups is 1. The number of nitriles is 1. The fourth-order valence-corrected chi connectivity index (χ4v) is 2.76. The van der Waals surface area contributed by atoms with Crippen LogP contribution in [0.25, 0.3) is 22.2 Å². The number of aldehydes is 1. The van der Waals surface area contributed by atoms with Crippen molar-refractivity contribution in [2.75, 3.05) is 0 Å². The molecular weight excluding hydrogens is 260 g/mol. The Labute approximate surface area is 123 Å². The summed E-state index contributed by atoms with van der Waals surface area (Å²) in [6.07, 6.45) is 0.880. The van der Waals surface area contributed by atoms with E-state index in [0.29, 0.717) is 5.56 Å². The van der Waals surface area contributed by atoms with Crippen molar-refractivity contribution in [3.05, 3.63) is 60.2 Å². The lowest BCUT2D eigenvalue weighted by atomic mass is 10.1. The van der Waals surface area contributed by atoms with Gasteiger partial charge in [-0.2, -0.15) is 5.26 Å². The van der Waals surface area contributed by atoms with Gasteiger partial charge in [0.1, 0.15) is 6.04 Å². The third kappa shape index (κ3) is 2.02. The van der Waals surface area contributed by atoms with Gasteiger partial charge in [-0.1, -0.05) is 48.5 Å². The zero-order valence-electron chi connectivity index (χ0n) is 11.7. The van der Waals surface area contributed by atoms with E-state index in [1.165, 1.54) is 0 Å². The second kappa shape index (κ2) is 5.26. The number of nitrogens with zero attached hydrogens (tertiary/aromatic N) is 2. The molecule has 1 aromatic heterocycles. The average molecular weight is 274 g/mol. The molecule has 0 saturated carbocycles. The molecule has 1 unspecified atom stereocenters. The van der Waals surface area contributed by atoms with Gasteiger partial charge in [-0.3, -0.25) is 4.79 Å². The molecule has 2 aromatic carbocycles. The smallest absolute Gasteiger partial charge is 0.152 e. The van der Waals surface area contributed by atoms with E-state index in [1.54, 1.807) is 0 Å². The lowest BCUT2D eigenvalue weighted by molar-refractivity contribution is 0.112. The summed E-state index contributed by atoms with van der Waals surface area (Å²) >= 11 is 0. The standard InChI is InChI=1S/C18H14N2O/c1-13(11-19)20-17-10-6-5-9-15(17)16(12-21)18(20)14-7-3-2-4-8-14/h2-10,12-13H,1H3. The van der Waals surface area contributed by atoms with E-state index in [0.717, 1.165) is 28.4 Å². The molecule has 0 spiro atoms. The molecule has 3 aromatic rings. The number of rotatable bonds is 3. The molecule has 3 rings (SSSR count). The zero-order chi connectivity index (χ0) is 14.8. The molecule has 0 radical (unpaired) electrons. The van der Waals surface area contributed by atoms with E-state index in [-0.39, 0.29) is 6.04 Å². The Kier molecular flexibility index (Phi) is 3.29.